The van der Waals surface area contributed by atoms with Crippen molar-refractivity contribution < 1.29 is 9.53 Å². The van der Waals surface area contributed by atoms with Crippen LogP contribution >= 0.6 is 12.6 Å². The molecule has 1 atom stereocenters. The third-order valence-corrected chi connectivity index (χ3v) is 2.15. The fraction of sp³-hybridized carbons (Fsp3) is 0.364. The molecule has 1 rings (SSSR count). The van der Waals surface area contributed by atoms with Crippen molar-refractivity contribution in [1.29, 1.82) is 0 Å². The molecule has 0 aliphatic rings. The largest absolute Gasteiger partial charge is 0.448 e. The van der Waals surface area contributed by atoms with Crippen molar-refractivity contribution in [2.24, 2.45) is 0 Å². The average molecular weight is 210 g/mol. The Labute approximate surface area is 89.7 Å². The first kappa shape index (κ1) is 11.1. The monoisotopic (exact) mass is 210 g/mol. The predicted octanol–water partition coefficient (Wildman–Crippen LogP) is 2.90. The molecule has 0 aromatic heterocycles. The number of esters is 1. The van der Waals surface area contributed by atoms with Gasteiger partial charge >= 0.3 is 5.97 Å². The van der Waals surface area contributed by atoms with Gasteiger partial charge in [-0.15, -0.1) is 12.6 Å². The summed E-state index contributed by atoms with van der Waals surface area (Å²) in [5.74, 6) is -0.306. The minimum atomic E-state index is -0.306. The van der Waals surface area contributed by atoms with E-state index in [1.54, 1.807) is 12.1 Å². The Hall–Kier alpha value is -0.960. The van der Waals surface area contributed by atoms with E-state index in [2.05, 4.69) is 12.6 Å². The van der Waals surface area contributed by atoms with Crippen LogP contribution in [0.5, 0.6) is 0 Å². The molecule has 14 heavy (non-hydrogen) atoms. The molecule has 1 aromatic rings. The first-order chi connectivity index (χ1) is 6.74. The quantitative estimate of drug-likeness (QED) is 0.470. The van der Waals surface area contributed by atoms with E-state index in [0.717, 1.165) is 12.8 Å². The summed E-state index contributed by atoms with van der Waals surface area (Å²) in [5.41, 5.74) is 0.273. The second kappa shape index (κ2) is 5.70. The highest BCUT2D eigenvalue weighted by Gasteiger charge is 2.10. The third-order valence-electron chi connectivity index (χ3n) is 1.79. The number of hydrogen-bond donors (Lipinski definition) is 1. The van der Waals surface area contributed by atoms with Crippen molar-refractivity contribution in [3.8, 4) is 0 Å². The van der Waals surface area contributed by atoms with Crippen LogP contribution in [0.25, 0.3) is 0 Å². The van der Waals surface area contributed by atoms with Gasteiger partial charge in [0.15, 0.2) is 0 Å². The predicted molar refractivity (Wildman–Crippen MR) is 59.5 cm³/mol. The summed E-state index contributed by atoms with van der Waals surface area (Å²) in [6.07, 6.45) is 1.73. The Kier molecular flexibility index (Phi) is 4.53. The van der Waals surface area contributed by atoms with Crippen LogP contribution in [0.4, 0.5) is 0 Å². The molecule has 0 saturated heterocycles. The standard InChI is InChI=1S/C11H14O2S/c1-2-6-10(14)13-11(12)9-7-4-3-5-8-9/h3-5,7-8,10,14H,2,6H2,1H3. The first-order valence-corrected chi connectivity index (χ1v) is 5.19. The molecule has 0 saturated carbocycles. The van der Waals surface area contributed by atoms with Crippen LogP contribution in [0.15, 0.2) is 30.3 Å². The fourth-order valence-corrected chi connectivity index (χ4v) is 1.43. The Balaban J connectivity index is 2.51. The number of carbonyl (C=O) groups excluding carboxylic acids is 1. The summed E-state index contributed by atoms with van der Waals surface area (Å²) < 4.78 is 5.10. The fourth-order valence-electron chi connectivity index (χ4n) is 1.07. The van der Waals surface area contributed by atoms with Crippen molar-refractivity contribution in [2.45, 2.75) is 25.2 Å². The molecule has 0 aliphatic carbocycles. The summed E-state index contributed by atoms with van der Waals surface area (Å²) in [7, 11) is 0. The maximum atomic E-state index is 11.5. The Bertz CT molecular complexity index is 285. The third kappa shape index (κ3) is 3.42. The lowest BCUT2D eigenvalue weighted by Crippen LogP contribution is -2.12. The van der Waals surface area contributed by atoms with Crippen molar-refractivity contribution in [1.82, 2.24) is 0 Å². The van der Waals surface area contributed by atoms with Crippen LogP contribution in [0.2, 0.25) is 0 Å². The van der Waals surface area contributed by atoms with Crippen LogP contribution in [-0.2, 0) is 4.74 Å². The summed E-state index contributed by atoms with van der Waals surface area (Å²) >= 11 is 4.16. The van der Waals surface area contributed by atoms with Crippen molar-refractivity contribution in [2.75, 3.05) is 0 Å². The molecule has 1 aromatic carbocycles. The minimum Gasteiger partial charge on any atom is -0.448 e. The number of hydrogen-bond acceptors (Lipinski definition) is 3. The minimum absolute atomic E-state index is 0.298. The summed E-state index contributed by atoms with van der Waals surface area (Å²) in [6.45, 7) is 2.03. The Morgan fingerprint density at radius 3 is 2.64 bits per heavy atom. The lowest BCUT2D eigenvalue weighted by Gasteiger charge is -2.10. The first-order valence-electron chi connectivity index (χ1n) is 4.68. The van der Waals surface area contributed by atoms with Crippen LogP contribution in [-0.4, -0.2) is 11.4 Å². The lowest BCUT2D eigenvalue weighted by atomic mass is 10.2. The molecule has 76 valence electrons. The maximum Gasteiger partial charge on any atom is 0.339 e. The summed E-state index contributed by atoms with van der Waals surface area (Å²) in [4.78, 5) is 11.5. The Morgan fingerprint density at radius 2 is 2.07 bits per heavy atom. The highest BCUT2D eigenvalue weighted by Crippen LogP contribution is 2.10. The van der Waals surface area contributed by atoms with Crippen molar-refractivity contribution >= 4 is 18.6 Å². The summed E-state index contributed by atoms with van der Waals surface area (Å²) in [6, 6.07) is 8.94. The van der Waals surface area contributed by atoms with E-state index in [1.165, 1.54) is 0 Å². The van der Waals surface area contributed by atoms with E-state index in [9.17, 15) is 4.79 Å². The molecular weight excluding hydrogens is 196 g/mol. The topological polar surface area (TPSA) is 26.3 Å². The van der Waals surface area contributed by atoms with E-state index in [1.807, 2.05) is 25.1 Å². The zero-order valence-corrected chi connectivity index (χ0v) is 9.04. The molecule has 0 aliphatic heterocycles. The van der Waals surface area contributed by atoms with E-state index >= 15 is 0 Å². The van der Waals surface area contributed by atoms with Gasteiger partial charge in [-0.3, -0.25) is 0 Å². The van der Waals surface area contributed by atoms with Gasteiger partial charge in [0.2, 0.25) is 0 Å². The molecular formula is C11H14O2S. The van der Waals surface area contributed by atoms with Crippen molar-refractivity contribution in [3.05, 3.63) is 35.9 Å². The van der Waals surface area contributed by atoms with Crippen LogP contribution in [0, 0.1) is 0 Å². The molecule has 0 radical (unpaired) electrons. The van der Waals surface area contributed by atoms with Gasteiger partial charge in [-0.2, -0.15) is 0 Å². The van der Waals surface area contributed by atoms with Gasteiger partial charge in [-0.1, -0.05) is 31.5 Å². The van der Waals surface area contributed by atoms with Gasteiger partial charge < -0.3 is 4.74 Å². The van der Waals surface area contributed by atoms with E-state index in [0.29, 0.717) is 5.56 Å². The maximum absolute atomic E-state index is 11.5. The van der Waals surface area contributed by atoms with Gasteiger partial charge in [-0.25, -0.2) is 4.79 Å². The lowest BCUT2D eigenvalue weighted by molar-refractivity contribution is 0.0451. The number of rotatable bonds is 4. The van der Waals surface area contributed by atoms with E-state index in [-0.39, 0.29) is 11.4 Å². The molecule has 0 amide bonds. The van der Waals surface area contributed by atoms with Gasteiger partial charge in [-0.05, 0) is 18.6 Å². The van der Waals surface area contributed by atoms with Gasteiger partial charge in [0, 0.05) is 0 Å². The number of benzene rings is 1. The zero-order valence-electron chi connectivity index (χ0n) is 8.14. The SMILES string of the molecule is CCCC(S)OC(=O)c1ccccc1. The zero-order chi connectivity index (χ0) is 10.4. The van der Waals surface area contributed by atoms with E-state index < -0.39 is 0 Å². The van der Waals surface area contributed by atoms with Crippen molar-refractivity contribution in [3.63, 3.8) is 0 Å². The molecule has 3 heteroatoms. The molecule has 0 spiro atoms. The molecule has 0 bridgehead atoms. The summed E-state index contributed by atoms with van der Waals surface area (Å²) in [5, 5.41) is 0. The average Bonchev–Trinajstić information content (AvgIpc) is 2.19. The normalized spacial score (nSPS) is 12.1. The van der Waals surface area contributed by atoms with Gasteiger partial charge in [0.25, 0.3) is 0 Å². The highest BCUT2D eigenvalue weighted by molar-refractivity contribution is 7.80. The molecule has 1 unspecified atom stereocenters. The smallest absolute Gasteiger partial charge is 0.339 e. The molecule has 0 N–H and O–H groups in total. The Morgan fingerprint density at radius 1 is 1.43 bits per heavy atom. The number of ether oxygens (including phenoxy) is 1. The second-order valence-corrected chi connectivity index (χ2v) is 3.59. The van der Waals surface area contributed by atoms with E-state index in [4.69, 9.17) is 4.74 Å². The molecule has 2 nitrogen and oxygen atoms in total. The van der Waals surface area contributed by atoms with Gasteiger partial charge in [0.1, 0.15) is 5.44 Å². The van der Waals surface area contributed by atoms with Gasteiger partial charge in [0.05, 0.1) is 5.56 Å². The van der Waals surface area contributed by atoms with Crippen LogP contribution in [0.3, 0.4) is 0 Å². The molecule has 0 fully saturated rings. The second-order valence-electron chi connectivity index (χ2n) is 3.01. The van der Waals surface area contributed by atoms with Crippen LogP contribution < -0.4 is 0 Å². The highest BCUT2D eigenvalue weighted by atomic mass is 32.1. The van der Waals surface area contributed by atoms with Crippen LogP contribution in [0.1, 0.15) is 30.1 Å². The number of thiol groups is 1. The molecule has 0 heterocycles. The number of carbonyl (C=O) groups is 1.